The van der Waals surface area contributed by atoms with E-state index in [4.69, 9.17) is 0 Å². The van der Waals surface area contributed by atoms with Crippen LogP contribution in [0.5, 0.6) is 0 Å². The molecule has 0 amide bonds. The molecule has 4 N–H and O–H groups in total. The zero-order valence-corrected chi connectivity index (χ0v) is 37.1. The van der Waals surface area contributed by atoms with Crippen LogP contribution in [0.25, 0.3) is 0 Å². The van der Waals surface area contributed by atoms with Crippen molar-refractivity contribution >= 4 is 54.1 Å². The Morgan fingerprint density at radius 1 is 0.586 bits per heavy atom. The van der Waals surface area contributed by atoms with Gasteiger partial charge in [0, 0.05) is 75.8 Å². The predicted octanol–water partition coefficient (Wildman–Crippen LogP) is 5.21. The van der Waals surface area contributed by atoms with Crippen LogP contribution in [0, 0.1) is 0 Å². The maximum atomic E-state index is 13.0. The van der Waals surface area contributed by atoms with E-state index in [0.29, 0.717) is 59.8 Å². The van der Waals surface area contributed by atoms with Crippen LogP contribution >= 0.6 is 22.7 Å². The Balaban J connectivity index is 0.000000177. The van der Waals surface area contributed by atoms with Crippen molar-refractivity contribution in [2.24, 2.45) is 0 Å². The van der Waals surface area contributed by atoms with Crippen molar-refractivity contribution in [3.05, 3.63) is 94.7 Å². The average molecular weight is 871 g/mol. The van der Waals surface area contributed by atoms with Crippen LogP contribution in [0.2, 0.25) is 0 Å². The summed E-state index contributed by atoms with van der Waals surface area (Å²) in [5.74, 6) is 0. The highest BCUT2D eigenvalue weighted by Crippen LogP contribution is 2.31. The molecule has 4 heterocycles. The van der Waals surface area contributed by atoms with Gasteiger partial charge in [-0.05, 0) is 112 Å². The monoisotopic (exact) mass is 870 g/mol. The van der Waals surface area contributed by atoms with Crippen LogP contribution in [0.4, 0.5) is 11.4 Å². The highest BCUT2D eigenvalue weighted by molar-refractivity contribution is 7.91. The zero-order valence-electron chi connectivity index (χ0n) is 33.8. The molecule has 316 valence electrons. The second-order valence-corrected chi connectivity index (χ2v) is 23.1. The van der Waals surface area contributed by atoms with Gasteiger partial charge in [-0.2, -0.15) is 8.61 Å². The van der Waals surface area contributed by atoms with E-state index in [1.807, 2.05) is 48.5 Å². The van der Waals surface area contributed by atoms with E-state index >= 15 is 0 Å². The van der Waals surface area contributed by atoms with E-state index in [1.165, 1.54) is 48.4 Å². The van der Waals surface area contributed by atoms with Crippen molar-refractivity contribution < 1.29 is 27.0 Å². The third-order valence-electron chi connectivity index (χ3n) is 11.3. The first-order valence-corrected chi connectivity index (χ1v) is 24.9. The number of aliphatic hydroxyl groups is 2. The van der Waals surface area contributed by atoms with Crippen molar-refractivity contribution in [3.63, 3.8) is 0 Å². The maximum Gasteiger partial charge on any atom is 0.252 e. The molecule has 2 atom stereocenters. The summed E-state index contributed by atoms with van der Waals surface area (Å²) < 4.78 is 56.1. The number of hydrogen-bond acceptors (Lipinski definition) is 12. The number of hydrogen-bond donors (Lipinski definition) is 4. The number of thiophene rings is 2. The Morgan fingerprint density at radius 2 is 0.948 bits per heavy atom. The lowest BCUT2D eigenvalue weighted by atomic mass is 9.98. The number of rotatable bonds is 14. The summed E-state index contributed by atoms with van der Waals surface area (Å²) in [6.07, 6.45) is 4.79. The fourth-order valence-corrected chi connectivity index (χ4v) is 12.7. The van der Waals surface area contributed by atoms with Crippen LogP contribution < -0.4 is 20.4 Å². The molecule has 0 bridgehead atoms. The lowest BCUT2D eigenvalue weighted by molar-refractivity contribution is 0.0780. The highest BCUT2D eigenvalue weighted by atomic mass is 32.3. The van der Waals surface area contributed by atoms with Gasteiger partial charge >= 0.3 is 0 Å². The Hall–Kier alpha value is -2.90. The number of piperazine rings is 2. The van der Waals surface area contributed by atoms with Gasteiger partial charge in [-0.3, -0.25) is 0 Å². The topological polar surface area (TPSA) is 146 Å². The molecule has 2 aromatic heterocycles. The molecule has 2 aliphatic carbocycles. The highest BCUT2D eigenvalue weighted by Gasteiger charge is 2.37. The second kappa shape index (κ2) is 17.6. The van der Waals surface area contributed by atoms with Crippen molar-refractivity contribution in [2.45, 2.75) is 97.2 Å². The normalized spacial score (nSPS) is 21.5. The van der Waals surface area contributed by atoms with Crippen LogP contribution in [0.3, 0.4) is 0 Å². The number of nitrogens with zero attached hydrogens (tertiary/aromatic N) is 4. The third kappa shape index (κ3) is 10.5. The van der Waals surface area contributed by atoms with Crippen molar-refractivity contribution in [2.75, 3.05) is 62.2 Å². The lowest BCUT2D eigenvalue weighted by Crippen LogP contribution is -2.58. The second-order valence-electron chi connectivity index (χ2n) is 16.9. The van der Waals surface area contributed by atoms with E-state index in [1.54, 1.807) is 71.3 Å². The molecule has 0 unspecified atom stereocenters. The first-order valence-electron chi connectivity index (χ1n) is 20.2. The molecule has 4 fully saturated rings. The predicted molar refractivity (Wildman–Crippen MR) is 234 cm³/mol. The third-order valence-corrected chi connectivity index (χ3v) is 17.8. The van der Waals surface area contributed by atoms with Gasteiger partial charge in [0.2, 0.25) is 0 Å². The summed E-state index contributed by atoms with van der Waals surface area (Å²) in [6.45, 7) is 11.8. The maximum absolute atomic E-state index is 13.0. The quantitative estimate of drug-likeness (QED) is 0.133. The fraction of sp³-hybridized carbons (Fsp3) is 0.524. The summed E-state index contributed by atoms with van der Waals surface area (Å²) in [5, 5.41) is 31.2. The molecule has 2 saturated carbocycles. The fourth-order valence-electron chi connectivity index (χ4n) is 7.50. The molecule has 0 spiro atoms. The van der Waals surface area contributed by atoms with Crippen LogP contribution in [-0.2, 0) is 31.2 Å². The van der Waals surface area contributed by atoms with Gasteiger partial charge < -0.3 is 30.6 Å². The average Bonchev–Trinajstić information content (AvgIpc) is 4.08. The molecular weight excluding hydrogens is 813 g/mol. The number of anilines is 2. The van der Waals surface area contributed by atoms with Crippen LogP contribution in [0.15, 0.2) is 92.0 Å². The summed E-state index contributed by atoms with van der Waals surface area (Å²) >= 11 is 2.54. The molecule has 2 saturated heterocycles. The Morgan fingerprint density at radius 3 is 1.24 bits per heavy atom. The van der Waals surface area contributed by atoms with Gasteiger partial charge in [0.1, 0.15) is 8.42 Å². The minimum absolute atomic E-state index is 0.0621. The molecule has 8 rings (SSSR count). The minimum atomic E-state index is -3.44. The zero-order chi connectivity index (χ0) is 41.3. The van der Waals surface area contributed by atoms with Gasteiger partial charge in [0.25, 0.3) is 20.0 Å². The van der Waals surface area contributed by atoms with Gasteiger partial charge in [-0.1, -0.05) is 36.4 Å². The van der Waals surface area contributed by atoms with Crippen molar-refractivity contribution in [1.82, 2.24) is 19.2 Å². The molecule has 2 aromatic carbocycles. The first-order chi connectivity index (χ1) is 27.5. The number of benzene rings is 2. The van der Waals surface area contributed by atoms with E-state index in [9.17, 15) is 27.0 Å². The summed E-state index contributed by atoms with van der Waals surface area (Å²) in [5.41, 5.74) is 2.11. The number of nitrogens with one attached hydrogen (secondary N) is 2. The summed E-state index contributed by atoms with van der Waals surface area (Å²) in [7, 11) is -6.88. The van der Waals surface area contributed by atoms with Crippen molar-refractivity contribution in [3.8, 4) is 0 Å². The lowest BCUT2D eigenvalue weighted by Gasteiger charge is -2.42. The standard InChI is InChI=1S/2C21H29N3O3S2/c2*1-21(2,25)16-5-9-18(10-6-16)24-12-11-23(15-19(24)14-22-17-7-8-17)29(26,27)20-4-3-13-28-20/h2*3-6,9-10,13,17,19,22,25H,7-8,11-12,14-15H2,1-2H3/t2*19-/m00/s1. The molecule has 4 aromatic rings. The molecule has 12 nitrogen and oxygen atoms in total. The summed E-state index contributed by atoms with van der Waals surface area (Å²) in [6, 6.07) is 24.1. The molecule has 0 radical (unpaired) electrons. The molecule has 58 heavy (non-hydrogen) atoms. The Kier molecular flexibility index (Phi) is 13.1. The molecule has 4 aliphatic rings. The van der Waals surface area contributed by atoms with Gasteiger partial charge in [0.15, 0.2) is 0 Å². The first kappa shape index (κ1) is 43.2. The van der Waals surface area contributed by atoms with Gasteiger partial charge in [-0.15, -0.1) is 22.7 Å². The molecule has 2 aliphatic heterocycles. The molecular formula is C42H58N6O6S4. The SMILES string of the molecule is CC(C)(O)c1ccc(N2CCN(S(=O)(=O)c3cccs3)C[C@@H]2CNC2CC2)cc1.CC(C)(O)c1ccc(N2CCN(S(=O)(=O)c3cccs3)C[C@@H]2CNC2CC2)cc1. The van der Waals surface area contributed by atoms with E-state index in [-0.39, 0.29) is 12.1 Å². The largest absolute Gasteiger partial charge is 0.386 e. The molecule has 16 heteroatoms. The van der Waals surface area contributed by atoms with E-state index < -0.39 is 31.2 Å². The Labute approximate surface area is 352 Å². The number of sulfonamides is 2. The van der Waals surface area contributed by atoms with E-state index in [0.717, 1.165) is 35.6 Å². The minimum Gasteiger partial charge on any atom is -0.386 e. The summed E-state index contributed by atoms with van der Waals surface area (Å²) in [4.78, 5) is 4.59. The van der Waals surface area contributed by atoms with Gasteiger partial charge in [-0.25, -0.2) is 16.8 Å². The van der Waals surface area contributed by atoms with Crippen molar-refractivity contribution in [1.29, 1.82) is 0 Å². The Bertz CT molecular complexity index is 1990. The van der Waals surface area contributed by atoms with Crippen LogP contribution in [0.1, 0.15) is 64.5 Å². The van der Waals surface area contributed by atoms with Gasteiger partial charge in [0.05, 0.1) is 23.3 Å². The van der Waals surface area contributed by atoms with E-state index in [2.05, 4.69) is 20.4 Å². The van der Waals surface area contributed by atoms with Crippen LogP contribution in [-0.4, -0.2) is 112 Å². The smallest absolute Gasteiger partial charge is 0.252 e.